The molecule has 2 bridgehead atoms. The Hall–Kier alpha value is -0.120. The first-order valence-corrected chi connectivity index (χ1v) is 7.32. The van der Waals surface area contributed by atoms with Crippen molar-refractivity contribution in [1.29, 1.82) is 0 Å². The second-order valence-corrected chi connectivity index (χ2v) is 5.85. The molecule has 0 aromatic heterocycles. The van der Waals surface area contributed by atoms with Crippen LogP contribution >= 0.6 is 0 Å². The Balaban J connectivity index is 1.80. The maximum absolute atomic E-state index is 9.74. The highest BCUT2D eigenvalue weighted by molar-refractivity contribution is 5.06. The maximum Gasteiger partial charge on any atom is 0.0616 e. The normalized spacial score (nSPS) is 36.0. The SMILES string of the molecule is CCN(CC)CCNC1(CO)CC2CCC1C2. The van der Waals surface area contributed by atoms with Crippen LogP contribution in [0.25, 0.3) is 0 Å². The summed E-state index contributed by atoms with van der Waals surface area (Å²) >= 11 is 0. The van der Waals surface area contributed by atoms with E-state index in [1.165, 1.54) is 25.7 Å². The zero-order chi connectivity index (χ0) is 12.3. The molecule has 2 rings (SSSR count). The van der Waals surface area contributed by atoms with Gasteiger partial charge < -0.3 is 15.3 Å². The lowest BCUT2D eigenvalue weighted by Crippen LogP contribution is -2.54. The summed E-state index contributed by atoms with van der Waals surface area (Å²) in [6.07, 6.45) is 5.26. The van der Waals surface area contributed by atoms with Crippen LogP contribution in [-0.4, -0.2) is 48.3 Å². The molecule has 3 unspecified atom stereocenters. The van der Waals surface area contributed by atoms with Crippen LogP contribution in [0.15, 0.2) is 0 Å². The minimum absolute atomic E-state index is 0.0655. The third-order valence-corrected chi connectivity index (χ3v) is 5.06. The van der Waals surface area contributed by atoms with Gasteiger partial charge in [0, 0.05) is 18.6 Å². The van der Waals surface area contributed by atoms with Gasteiger partial charge in [-0.15, -0.1) is 0 Å². The van der Waals surface area contributed by atoms with Crippen LogP contribution in [-0.2, 0) is 0 Å². The van der Waals surface area contributed by atoms with Gasteiger partial charge in [-0.2, -0.15) is 0 Å². The Labute approximate surface area is 106 Å². The summed E-state index contributed by atoms with van der Waals surface area (Å²) in [5, 5.41) is 13.4. The summed E-state index contributed by atoms with van der Waals surface area (Å²) in [4.78, 5) is 2.44. The third-order valence-electron chi connectivity index (χ3n) is 5.06. The van der Waals surface area contributed by atoms with Gasteiger partial charge in [-0.25, -0.2) is 0 Å². The summed E-state index contributed by atoms with van der Waals surface area (Å²) in [7, 11) is 0. The van der Waals surface area contributed by atoms with Crippen LogP contribution in [0.3, 0.4) is 0 Å². The van der Waals surface area contributed by atoms with E-state index in [4.69, 9.17) is 0 Å². The summed E-state index contributed by atoms with van der Waals surface area (Å²) in [6.45, 7) is 9.11. The smallest absolute Gasteiger partial charge is 0.0616 e. The van der Waals surface area contributed by atoms with Crippen molar-refractivity contribution in [2.45, 2.75) is 45.1 Å². The highest BCUT2D eigenvalue weighted by Crippen LogP contribution is 2.50. The zero-order valence-corrected chi connectivity index (χ0v) is 11.4. The van der Waals surface area contributed by atoms with Gasteiger partial charge in [-0.05, 0) is 44.2 Å². The van der Waals surface area contributed by atoms with Gasteiger partial charge in [0.1, 0.15) is 0 Å². The number of likely N-dealkylation sites (N-methyl/N-ethyl adjacent to an activating group) is 1. The molecule has 2 aliphatic rings. The van der Waals surface area contributed by atoms with Gasteiger partial charge in [0.25, 0.3) is 0 Å². The fourth-order valence-electron chi connectivity index (χ4n) is 3.91. The van der Waals surface area contributed by atoms with E-state index in [1.54, 1.807) is 0 Å². The van der Waals surface area contributed by atoms with Crippen molar-refractivity contribution < 1.29 is 5.11 Å². The quantitative estimate of drug-likeness (QED) is 0.707. The monoisotopic (exact) mass is 240 g/mol. The summed E-state index contributed by atoms with van der Waals surface area (Å²) in [5.41, 5.74) is 0.0655. The fourth-order valence-corrected chi connectivity index (χ4v) is 3.91. The summed E-state index contributed by atoms with van der Waals surface area (Å²) in [6, 6.07) is 0. The molecule has 3 heteroatoms. The molecule has 3 atom stereocenters. The molecule has 100 valence electrons. The lowest BCUT2D eigenvalue weighted by Gasteiger charge is -2.38. The molecule has 17 heavy (non-hydrogen) atoms. The summed E-state index contributed by atoms with van der Waals surface area (Å²) < 4.78 is 0. The number of rotatable bonds is 7. The van der Waals surface area contributed by atoms with Crippen LogP contribution in [0, 0.1) is 11.8 Å². The topological polar surface area (TPSA) is 35.5 Å². The molecule has 0 spiro atoms. The minimum atomic E-state index is 0.0655. The van der Waals surface area contributed by atoms with Crippen molar-refractivity contribution in [3.63, 3.8) is 0 Å². The number of nitrogens with one attached hydrogen (secondary N) is 1. The molecule has 2 saturated carbocycles. The van der Waals surface area contributed by atoms with E-state index in [1.807, 2.05) is 0 Å². The molecular formula is C14H28N2O. The first-order valence-electron chi connectivity index (χ1n) is 7.32. The van der Waals surface area contributed by atoms with Crippen molar-refractivity contribution in [2.75, 3.05) is 32.8 Å². The largest absolute Gasteiger partial charge is 0.394 e. The van der Waals surface area contributed by atoms with Crippen LogP contribution in [0.5, 0.6) is 0 Å². The number of hydrogen-bond donors (Lipinski definition) is 2. The van der Waals surface area contributed by atoms with Crippen LogP contribution in [0.2, 0.25) is 0 Å². The first kappa shape index (κ1) is 13.3. The number of nitrogens with zero attached hydrogens (tertiary/aromatic N) is 1. The van der Waals surface area contributed by atoms with E-state index in [0.717, 1.165) is 38.0 Å². The van der Waals surface area contributed by atoms with E-state index < -0.39 is 0 Å². The van der Waals surface area contributed by atoms with Gasteiger partial charge >= 0.3 is 0 Å². The Bertz CT molecular complexity index is 242. The number of aliphatic hydroxyl groups excluding tert-OH is 1. The summed E-state index contributed by atoms with van der Waals surface area (Å²) in [5.74, 6) is 1.61. The zero-order valence-electron chi connectivity index (χ0n) is 11.4. The molecule has 0 aliphatic heterocycles. The van der Waals surface area contributed by atoms with Crippen LogP contribution in [0.1, 0.15) is 39.5 Å². The minimum Gasteiger partial charge on any atom is -0.394 e. The molecule has 3 nitrogen and oxygen atoms in total. The molecular weight excluding hydrogens is 212 g/mol. The van der Waals surface area contributed by atoms with Gasteiger partial charge in [0.2, 0.25) is 0 Å². The Morgan fingerprint density at radius 1 is 1.29 bits per heavy atom. The molecule has 0 radical (unpaired) electrons. The predicted molar refractivity (Wildman–Crippen MR) is 71.1 cm³/mol. The molecule has 0 aromatic carbocycles. The highest BCUT2D eigenvalue weighted by atomic mass is 16.3. The van der Waals surface area contributed by atoms with E-state index in [-0.39, 0.29) is 5.54 Å². The number of hydrogen-bond acceptors (Lipinski definition) is 3. The van der Waals surface area contributed by atoms with Gasteiger partial charge in [0.05, 0.1) is 6.61 Å². The average Bonchev–Trinajstić information content (AvgIpc) is 2.95. The van der Waals surface area contributed by atoms with E-state index in [2.05, 4.69) is 24.1 Å². The molecule has 0 amide bonds. The highest BCUT2D eigenvalue weighted by Gasteiger charge is 2.50. The van der Waals surface area contributed by atoms with Crippen molar-refractivity contribution >= 4 is 0 Å². The maximum atomic E-state index is 9.74. The van der Waals surface area contributed by atoms with Crippen LogP contribution in [0.4, 0.5) is 0 Å². The van der Waals surface area contributed by atoms with Crippen molar-refractivity contribution in [3.05, 3.63) is 0 Å². The third kappa shape index (κ3) is 2.67. The Morgan fingerprint density at radius 2 is 2.06 bits per heavy atom. The van der Waals surface area contributed by atoms with Crippen LogP contribution < -0.4 is 5.32 Å². The second-order valence-electron chi connectivity index (χ2n) is 5.85. The average molecular weight is 240 g/mol. The molecule has 0 saturated heterocycles. The predicted octanol–water partition coefficient (Wildman–Crippen LogP) is 1.47. The van der Waals surface area contributed by atoms with E-state index in [0.29, 0.717) is 6.61 Å². The molecule has 2 fully saturated rings. The van der Waals surface area contributed by atoms with Gasteiger partial charge in [-0.3, -0.25) is 0 Å². The number of aliphatic hydroxyl groups is 1. The lowest BCUT2D eigenvalue weighted by atomic mass is 9.81. The van der Waals surface area contributed by atoms with Gasteiger partial charge in [0.15, 0.2) is 0 Å². The second kappa shape index (κ2) is 5.68. The Morgan fingerprint density at radius 3 is 2.53 bits per heavy atom. The lowest BCUT2D eigenvalue weighted by molar-refractivity contribution is 0.103. The molecule has 0 aromatic rings. The first-order chi connectivity index (χ1) is 8.24. The Kier molecular flexibility index (Phi) is 4.45. The van der Waals surface area contributed by atoms with E-state index >= 15 is 0 Å². The van der Waals surface area contributed by atoms with Crippen molar-refractivity contribution in [3.8, 4) is 0 Å². The molecule has 0 heterocycles. The fraction of sp³-hybridized carbons (Fsp3) is 1.00. The standard InChI is InChI=1S/C14H28N2O/c1-3-16(4-2)8-7-15-14(11-17)10-12-5-6-13(14)9-12/h12-13,15,17H,3-11H2,1-2H3. The number of fused-ring (bicyclic) bond motifs is 2. The molecule has 2 aliphatic carbocycles. The van der Waals surface area contributed by atoms with E-state index in [9.17, 15) is 5.11 Å². The van der Waals surface area contributed by atoms with Gasteiger partial charge in [-0.1, -0.05) is 20.3 Å². The van der Waals surface area contributed by atoms with Crippen molar-refractivity contribution in [1.82, 2.24) is 10.2 Å². The van der Waals surface area contributed by atoms with Crippen molar-refractivity contribution in [2.24, 2.45) is 11.8 Å². The molecule has 2 N–H and O–H groups in total.